The van der Waals surface area contributed by atoms with E-state index >= 15 is 0 Å². The lowest BCUT2D eigenvalue weighted by Gasteiger charge is -2.23. The lowest BCUT2D eigenvalue weighted by molar-refractivity contribution is 0.000618. The Balaban J connectivity index is 2.53. The fourth-order valence-corrected chi connectivity index (χ4v) is 1.93. The van der Waals surface area contributed by atoms with E-state index in [4.69, 9.17) is 14.9 Å². The van der Waals surface area contributed by atoms with Crippen LogP contribution in [-0.4, -0.2) is 12.6 Å². The molecule has 3 nitrogen and oxygen atoms in total. The van der Waals surface area contributed by atoms with Crippen LogP contribution in [0.2, 0.25) is 0 Å². The zero-order valence-electron chi connectivity index (χ0n) is 11.2. The Hall–Kier alpha value is -0.800. The topological polar surface area (TPSA) is 48.4 Å². The van der Waals surface area contributed by atoms with Crippen molar-refractivity contribution in [2.45, 2.75) is 52.2 Å². The molecule has 2 N–H and O–H groups in total. The van der Waals surface area contributed by atoms with Gasteiger partial charge in [0.2, 0.25) is 0 Å². The van der Waals surface area contributed by atoms with E-state index in [2.05, 4.69) is 20.8 Å². The molecule has 1 heterocycles. The van der Waals surface area contributed by atoms with Gasteiger partial charge in [-0.15, -0.1) is 0 Å². The molecule has 3 unspecified atom stereocenters. The second-order valence-electron chi connectivity index (χ2n) is 4.74. The number of rotatable bonds is 8. The van der Waals surface area contributed by atoms with E-state index in [9.17, 15) is 0 Å². The van der Waals surface area contributed by atoms with Gasteiger partial charge in [0, 0.05) is 6.04 Å². The van der Waals surface area contributed by atoms with Crippen LogP contribution in [0.4, 0.5) is 0 Å². The average Bonchev–Trinajstić information content (AvgIpc) is 2.83. The van der Waals surface area contributed by atoms with E-state index in [-0.39, 0.29) is 12.1 Å². The maximum Gasteiger partial charge on any atom is 0.134 e. The number of hydrogen-bond acceptors (Lipinski definition) is 3. The van der Waals surface area contributed by atoms with Crippen LogP contribution in [0.3, 0.4) is 0 Å². The highest BCUT2D eigenvalue weighted by atomic mass is 16.5. The van der Waals surface area contributed by atoms with Crippen molar-refractivity contribution < 1.29 is 9.15 Å². The Morgan fingerprint density at radius 1 is 1.41 bits per heavy atom. The largest absolute Gasteiger partial charge is 0.467 e. The molecule has 1 rings (SSSR count). The van der Waals surface area contributed by atoms with Gasteiger partial charge in [-0.05, 0) is 30.9 Å². The molecule has 0 amide bonds. The van der Waals surface area contributed by atoms with Crippen LogP contribution in [0.5, 0.6) is 0 Å². The van der Waals surface area contributed by atoms with Gasteiger partial charge in [0.05, 0.1) is 12.9 Å². The molecular weight excluding hydrogens is 214 g/mol. The smallest absolute Gasteiger partial charge is 0.134 e. The fourth-order valence-electron chi connectivity index (χ4n) is 1.93. The van der Waals surface area contributed by atoms with Crippen molar-refractivity contribution in [3.8, 4) is 0 Å². The van der Waals surface area contributed by atoms with Gasteiger partial charge < -0.3 is 14.9 Å². The Kier molecular flexibility index (Phi) is 6.30. The van der Waals surface area contributed by atoms with Crippen molar-refractivity contribution >= 4 is 0 Å². The highest BCUT2D eigenvalue weighted by Gasteiger charge is 2.22. The van der Waals surface area contributed by atoms with E-state index in [0.717, 1.165) is 18.8 Å². The molecule has 0 aliphatic heterocycles. The van der Waals surface area contributed by atoms with Crippen molar-refractivity contribution in [2.75, 3.05) is 6.61 Å². The molecule has 0 radical (unpaired) electrons. The first-order valence-electron chi connectivity index (χ1n) is 6.59. The lowest BCUT2D eigenvalue weighted by Crippen LogP contribution is -2.30. The summed E-state index contributed by atoms with van der Waals surface area (Å²) in [4.78, 5) is 0. The van der Waals surface area contributed by atoms with Crippen LogP contribution in [0.15, 0.2) is 22.8 Å². The summed E-state index contributed by atoms with van der Waals surface area (Å²) >= 11 is 0. The van der Waals surface area contributed by atoms with Crippen LogP contribution in [0.25, 0.3) is 0 Å². The van der Waals surface area contributed by atoms with Gasteiger partial charge in [-0.3, -0.25) is 0 Å². The molecule has 3 heteroatoms. The summed E-state index contributed by atoms with van der Waals surface area (Å²) < 4.78 is 11.3. The minimum Gasteiger partial charge on any atom is -0.467 e. The first-order chi connectivity index (χ1) is 8.19. The minimum absolute atomic E-state index is 0.00465. The van der Waals surface area contributed by atoms with Crippen LogP contribution >= 0.6 is 0 Å². The van der Waals surface area contributed by atoms with E-state index in [1.165, 1.54) is 12.8 Å². The second kappa shape index (κ2) is 7.51. The quantitative estimate of drug-likeness (QED) is 0.755. The third-order valence-electron chi connectivity index (χ3n) is 3.03. The summed E-state index contributed by atoms with van der Waals surface area (Å²) in [5.74, 6) is 1.41. The number of hydrogen-bond donors (Lipinski definition) is 1. The first kappa shape index (κ1) is 14.3. The second-order valence-corrected chi connectivity index (χ2v) is 4.74. The summed E-state index contributed by atoms with van der Waals surface area (Å²) in [5, 5.41) is 0. The Morgan fingerprint density at radius 2 is 2.18 bits per heavy atom. The third kappa shape index (κ3) is 4.52. The zero-order valence-corrected chi connectivity index (χ0v) is 11.2. The van der Waals surface area contributed by atoms with Gasteiger partial charge in [-0.1, -0.05) is 27.2 Å². The molecule has 98 valence electrons. The molecule has 0 spiro atoms. The van der Waals surface area contributed by atoms with Crippen LogP contribution in [-0.2, 0) is 4.74 Å². The van der Waals surface area contributed by atoms with Crippen molar-refractivity contribution in [3.63, 3.8) is 0 Å². The van der Waals surface area contributed by atoms with Crippen molar-refractivity contribution in [3.05, 3.63) is 24.2 Å². The molecule has 0 saturated carbocycles. The normalized spacial score (nSPS) is 16.7. The number of furan rings is 1. The van der Waals surface area contributed by atoms with Gasteiger partial charge in [-0.2, -0.15) is 0 Å². The standard InChI is InChI=1S/C14H25NO2/c1-4-7-11(3)10-17-14(12(15)5-2)13-8-6-9-16-13/h6,8-9,11-12,14H,4-5,7,10,15H2,1-3H3. The van der Waals surface area contributed by atoms with Gasteiger partial charge in [0.25, 0.3) is 0 Å². The number of nitrogens with two attached hydrogens (primary N) is 1. The predicted molar refractivity (Wildman–Crippen MR) is 69.7 cm³/mol. The maximum absolute atomic E-state index is 6.08. The highest BCUT2D eigenvalue weighted by molar-refractivity contribution is 5.04. The van der Waals surface area contributed by atoms with Gasteiger partial charge >= 0.3 is 0 Å². The van der Waals surface area contributed by atoms with Crippen LogP contribution in [0, 0.1) is 5.92 Å². The summed E-state index contributed by atoms with van der Waals surface area (Å²) in [6.07, 6.45) is 4.81. The first-order valence-corrected chi connectivity index (χ1v) is 6.59. The Morgan fingerprint density at radius 3 is 2.71 bits per heavy atom. The third-order valence-corrected chi connectivity index (χ3v) is 3.03. The number of ether oxygens (including phenoxy) is 1. The average molecular weight is 239 g/mol. The van der Waals surface area contributed by atoms with Crippen molar-refractivity contribution in [2.24, 2.45) is 11.7 Å². The van der Waals surface area contributed by atoms with Gasteiger partial charge in [0.1, 0.15) is 11.9 Å². The Labute approximate surface area is 104 Å². The molecule has 0 bridgehead atoms. The van der Waals surface area contributed by atoms with Crippen LogP contribution < -0.4 is 5.73 Å². The lowest BCUT2D eigenvalue weighted by atomic mass is 10.1. The highest BCUT2D eigenvalue weighted by Crippen LogP contribution is 2.23. The van der Waals surface area contributed by atoms with Gasteiger partial charge in [-0.25, -0.2) is 0 Å². The van der Waals surface area contributed by atoms with E-state index < -0.39 is 0 Å². The zero-order chi connectivity index (χ0) is 12.7. The molecule has 0 saturated heterocycles. The SMILES string of the molecule is CCCC(C)COC(c1ccco1)C(N)CC. The molecule has 1 aromatic heterocycles. The molecular formula is C14H25NO2. The summed E-state index contributed by atoms with van der Waals surface area (Å²) in [6.45, 7) is 7.21. The molecule has 3 atom stereocenters. The summed E-state index contributed by atoms with van der Waals surface area (Å²) in [6, 6.07) is 3.81. The Bertz CT molecular complexity index is 284. The fraction of sp³-hybridized carbons (Fsp3) is 0.714. The molecule has 0 aliphatic carbocycles. The monoisotopic (exact) mass is 239 g/mol. The predicted octanol–water partition coefficient (Wildman–Crippen LogP) is 3.51. The molecule has 0 aromatic carbocycles. The van der Waals surface area contributed by atoms with Crippen molar-refractivity contribution in [1.29, 1.82) is 0 Å². The van der Waals surface area contributed by atoms with E-state index in [1.54, 1.807) is 6.26 Å². The summed E-state index contributed by atoms with van der Waals surface area (Å²) in [7, 11) is 0. The van der Waals surface area contributed by atoms with Crippen molar-refractivity contribution in [1.82, 2.24) is 0 Å². The van der Waals surface area contributed by atoms with Gasteiger partial charge in [0.15, 0.2) is 0 Å². The minimum atomic E-state index is -0.116. The molecule has 1 aromatic rings. The maximum atomic E-state index is 6.08. The van der Waals surface area contributed by atoms with Crippen LogP contribution in [0.1, 0.15) is 51.9 Å². The summed E-state index contributed by atoms with van der Waals surface area (Å²) in [5.41, 5.74) is 6.08. The molecule has 0 aliphatic rings. The molecule has 17 heavy (non-hydrogen) atoms. The van der Waals surface area contributed by atoms with E-state index in [1.807, 2.05) is 12.1 Å². The molecule has 0 fully saturated rings. The van der Waals surface area contributed by atoms with E-state index in [0.29, 0.717) is 5.92 Å².